The van der Waals surface area contributed by atoms with Gasteiger partial charge in [-0.3, -0.25) is 4.79 Å². The van der Waals surface area contributed by atoms with E-state index in [2.05, 4.69) is 42.5 Å². The molecule has 1 fully saturated rings. The topological polar surface area (TPSA) is 41.1 Å². The summed E-state index contributed by atoms with van der Waals surface area (Å²) in [4.78, 5) is 12.6. The van der Waals surface area contributed by atoms with Crippen LogP contribution in [0.3, 0.4) is 0 Å². The number of hydrogen-bond donors (Lipinski definition) is 2. The molecular weight excluding hydrogens is 356 g/mol. The largest absolute Gasteiger partial charge is 0.347 e. The number of rotatable bonds is 2. The molecule has 2 rings (SSSR count). The molecule has 0 radical (unpaired) electrons. The van der Waals surface area contributed by atoms with E-state index in [-0.39, 0.29) is 11.9 Å². The van der Waals surface area contributed by atoms with Gasteiger partial charge in [-0.2, -0.15) is 0 Å². The van der Waals surface area contributed by atoms with E-state index in [1.165, 1.54) is 11.3 Å². The summed E-state index contributed by atoms with van der Waals surface area (Å²) in [6, 6.07) is 2.11. The number of amides is 1. The maximum atomic E-state index is 11.9. The Morgan fingerprint density at radius 3 is 2.94 bits per heavy atom. The van der Waals surface area contributed by atoms with Crippen LogP contribution in [0.4, 0.5) is 0 Å². The van der Waals surface area contributed by atoms with Crippen LogP contribution < -0.4 is 10.6 Å². The number of halogens is 2. The van der Waals surface area contributed by atoms with Crippen LogP contribution in [0, 0.1) is 0 Å². The van der Waals surface area contributed by atoms with Crippen LogP contribution >= 0.6 is 43.2 Å². The predicted octanol–water partition coefficient (Wildman–Crippen LogP) is 2.75. The van der Waals surface area contributed by atoms with E-state index in [9.17, 15) is 4.79 Å². The van der Waals surface area contributed by atoms with Gasteiger partial charge < -0.3 is 10.6 Å². The summed E-state index contributed by atoms with van der Waals surface area (Å²) < 4.78 is 1.89. The maximum Gasteiger partial charge on any atom is 0.261 e. The molecule has 1 aliphatic rings. The Hall–Kier alpha value is 0.0900. The molecule has 1 saturated heterocycles. The standard InChI is InChI=1S/C10H12Br2N2OS/c11-7-4-8(16-9(7)12)10(15)14-6-2-1-3-13-5-6/h4,6,13H,1-3,5H2,(H,14,15)/t6-/m0/s1. The first-order valence-electron chi connectivity index (χ1n) is 5.13. The summed E-state index contributed by atoms with van der Waals surface area (Å²) in [5.41, 5.74) is 0. The van der Waals surface area contributed by atoms with Gasteiger partial charge in [0.1, 0.15) is 0 Å². The van der Waals surface area contributed by atoms with Gasteiger partial charge in [0, 0.05) is 17.1 Å². The summed E-state index contributed by atoms with van der Waals surface area (Å²) >= 11 is 8.22. The molecule has 0 unspecified atom stereocenters. The van der Waals surface area contributed by atoms with E-state index in [1.807, 2.05) is 6.07 Å². The van der Waals surface area contributed by atoms with Gasteiger partial charge in [-0.25, -0.2) is 0 Å². The molecule has 88 valence electrons. The Morgan fingerprint density at radius 1 is 1.56 bits per heavy atom. The van der Waals surface area contributed by atoms with E-state index in [0.717, 1.165) is 39.1 Å². The average Bonchev–Trinajstić information content (AvgIpc) is 2.61. The molecule has 0 spiro atoms. The van der Waals surface area contributed by atoms with E-state index >= 15 is 0 Å². The lowest BCUT2D eigenvalue weighted by molar-refractivity contribution is 0.0935. The molecule has 1 amide bonds. The minimum atomic E-state index is 0.0186. The highest BCUT2D eigenvalue weighted by Crippen LogP contribution is 2.32. The third-order valence-corrected chi connectivity index (χ3v) is 5.76. The Balaban J connectivity index is 1.96. The summed E-state index contributed by atoms with van der Waals surface area (Å²) in [6.45, 7) is 1.93. The number of hydrogen-bond acceptors (Lipinski definition) is 3. The molecule has 2 heterocycles. The van der Waals surface area contributed by atoms with Crippen LogP contribution in [-0.4, -0.2) is 25.0 Å². The molecule has 1 aliphatic heterocycles. The van der Waals surface area contributed by atoms with Gasteiger partial charge in [0.2, 0.25) is 0 Å². The molecule has 1 aromatic heterocycles. The summed E-state index contributed by atoms with van der Waals surface area (Å²) in [5.74, 6) is 0.0186. The summed E-state index contributed by atoms with van der Waals surface area (Å²) in [7, 11) is 0. The second-order valence-electron chi connectivity index (χ2n) is 3.75. The van der Waals surface area contributed by atoms with E-state index in [4.69, 9.17) is 0 Å². The first-order valence-corrected chi connectivity index (χ1v) is 7.53. The first-order chi connectivity index (χ1) is 7.66. The minimum absolute atomic E-state index is 0.0186. The lowest BCUT2D eigenvalue weighted by Crippen LogP contribution is -2.45. The molecule has 0 bridgehead atoms. The van der Waals surface area contributed by atoms with Crippen molar-refractivity contribution in [2.45, 2.75) is 18.9 Å². The van der Waals surface area contributed by atoms with Crippen LogP contribution in [0.25, 0.3) is 0 Å². The highest BCUT2D eigenvalue weighted by Gasteiger charge is 2.18. The number of thiophene rings is 1. The fraction of sp³-hybridized carbons (Fsp3) is 0.500. The maximum absolute atomic E-state index is 11.9. The number of carbonyl (C=O) groups is 1. The lowest BCUT2D eigenvalue weighted by atomic mass is 10.1. The molecule has 0 aromatic carbocycles. The van der Waals surface area contributed by atoms with Crippen molar-refractivity contribution in [1.82, 2.24) is 10.6 Å². The summed E-state index contributed by atoms with van der Waals surface area (Å²) in [5, 5.41) is 6.32. The monoisotopic (exact) mass is 366 g/mol. The average molecular weight is 368 g/mol. The van der Waals surface area contributed by atoms with Crippen molar-refractivity contribution in [2.75, 3.05) is 13.1 Å². The molecule has 16 heavy (non-hydrogen) atoms. The Labute approximate surface area is 115 Å². The van der Waals surface area contributed by atoms with Gasteiger partial charge >= 0.3 is 0 Å². The lowest BCUT2D eigenvalue weighted by Gasteiger charge is -2.23. The normalized spacial score (nSPS) is 20.8. The number of piperidine rings is 1. The van der Waals surface area contributed by atoms with E-state index < -0.39 is 0 Å². The van der Waals surface area contributed by atoms with Crippen LogP contribution in [0.1, 0.15) is 22.5 Å². The quantitative estimate of drug-likeness (QED) is 0.843. The molecule has 0 saturated carbocycles. The fourth-order valence-corrected chi connectivity index (χ4v) is 3.63. The van der Waals surface area contributed by atoms with Crippen molar-refractivity contribution in [1.29, 1.82) is 0 Å². The van der Waals surface area contributed by atoms with Crippen LogP contribution in [0.5, 0.6) is 0 Å². The molecule has 2 N–H and O–H groups in total. The van der Waals surface area contributed by atoms with Crippen LogP contribution in [0.15, 0.2) is 14.3 Å². The smallest absolute Gasteiger partial charge is 0.261 e. The zero-order chi connectivity index (χ0) is 11.5. The highest BCUT2D eigenvalue weighted by atomic mass is 79.9. The predicted molar refractivity (Wildman–Crippen MR) is 73.1 cm³/mol. The molecule has 1 aromatic rings. The Morgan fingerprint density at radius 2 is 2.38 bits per heavy atom. The van der Waals surface area contributed by atoms with Crippen molar-refractivity contribution in [2.24, 2.45) is 0 Å². The second-order valence-corrected chi connectivity index (χ2v) is 6.97. The second kappa shape index (κ2) is 5.62. The van der Waals surface area contributed by atoms with Gasteiger partial charge in [0.15, 0.2) is 0 Å². The van der Waals surface area contributed by atoms with Crippen molar-refractivity contribution in [3.63, 3.8) is 0 Å². The molecule has 6 heteroatoms. The van der Waals surface area contributed by atoms with Gasteiger partial charge in [-0.15, -0.1) is 11.3 Å². The van der Waals surface area contributed by atoms with Gasteiger partial charge in [-0.1, -0.05) is 0 Å². The van der Waals surface area contributed by atoms with Crippen molar-refractivity contribution in [3.05, 3.63) is 19.2 Å². The molecular formula is C10H12Br2N2OS. The third kappa shape index (κ3) is 3.06. The zero-order valence-electron chi connectivity index (χ0n) is 8.56. The van der Waals surface area contributed by atoms with Crippen LogP contribution in [0.2, 0.25) is 0 Å². The molecule has 0 aliphatic carbocycles. The van der Waals surface area contributed by atoms with E-state index in [1.54, 1.807) is 0 Å². The van der Waals surface area contributed by atoms with E-state index in [0.29, 0.717) is 0 Å². The minimum Gasteiger partial charge on any atom is -0.347 e. The molecule has 1 atom stereocenters. The van der Waals surface area contributed by atoms with Gasteiger partial charge in [-0.05, 0) is 57.3 Å². The van der Waals surface area contributed by atoms with Crippen molar-refractivity contribution in [3.8, 4) is 0 Å². The van der Waals surface area contributed by atoms with Gasteiger partial charge in [0.05, 0.1) is 8.66 Å². The SMILES string of the molecule is O=C(N[C@H]1CCCNC1)c1cc(Br)c(Br)s1. The fourth-order valence-electron chi connectivity index (χ4n) is 1.69. The first kappa shape index (κ1) is 12.5. The van der Waals surface area contributed by atoms with Crippen molar-refractivity contribution >= 4 is 49.1 Å². The molecule has 3 nitrogen and oxygen atoms in total. The van der Waals surface area contributed by atoms with Crippen LogP contribution in [-0.2, 0) is 0 Å². The van der Waals surface area contributed by atoms with Gasteiger partial charge in [0.25, 0.3) is 5.91 Å². The van der Waals surface area contributed by atoms with Crippen molar-refractivity contribution < 1.29 is 4.79 Å². The Kier molecular flexibility index (Phi) is 4.41. The Bertz CT molecular complexity index is 369. The third-order valence-electron chi connectivity index (χ3n) is 2.50. The zero-order valence-corrected chi connectivity index (χ0v) is 12.5. The summed E-state index contributed by atoms with van der Waals surface area (Å²) in [6.07, 6.45) is 2.19. The number of nitrogens with one attached hydrogen (secondary N) is 2. The number of carbonyl (C=O) groups excluding carboxylic acids is 1. The highest BCUT2D eigenvalue weighted by molar-refractivity contribution is 9.13.